The highest BCUT2D eigenvalue weighted by Crippen LogP contribution is 2.06. The highest BCUT2D eigenvalue weighted by Gasteiger charge is 2.19. The molecule has 1 N–H and O–H groups in total. The second kappa shape index (κ2) is 5.11. The summed E-state index contributed by atoms with van der Waals surface area (Å²) in [5, 5.41) is 11.7. The van der Waals surface area contributed by atoms with Crippen LogP contribution in [0.4, 0.5) is 0 Å². The van der Waals surface area contributed by atoms with E-state index in [1.54, 1.807) is 7.05 Å². The van der Waals surface area contributed by atoms with E-state index in [-0.39, 0.29) is 0 Å². The highest BCUT2D eigenvalue weighted by atomic mass is 16.5. The molecule has 0 aromatic heterocycles. The zero-order chi connectivity index (χ0) is 8.74. The molecule has 0 fully saturated rings. The van der Waals surface area contributed by atoms with Crippen molar-refractivity contribution in [2.75, 3.05) is 20.3 Å². The van der Waals surface area contributed by atoms with Crippen molar-refractivity contribution in [3.05, 3.63) is 0 Å². The van der Waals surface area contributed by atoms with Gasteiger partial charge in [-0.1, -0.05) is 0 Å². The summed E-state index contributed by atoms with van der Waals surface area (Å²) in [6.45, 7) is 5.17. The normalized spacial score (nSPS) is 15.5. The minimum Gasteiger partial charge on any atom is -0.382 e. The molecule has 0 heterocycles. The van der Waals surface area contributed by atoms with Crippen LogP contribution in [0.2, 0.25) is 0 Å². The van der Waals surface area contributed by atoms with E-state index in [0.29, 0.717) is 13.2 Å². The zero-order valence-corrected chi connectivity index (χ0v) is 7.48. The van der Waals surface area contributed by atoms with Gasteiger partial charge >= 0.3 is 0 Å². The van der Waals surface area contributed by atoms with Gasteiger partial charge in [0.1, 0.15) is 5.54 Å². The molecule has 0 aliphatic carbocycles. The van der Waals surface area contributed by atoms with Crippen molar-refractivity contribution < 1.29 is 4.74 Å². The Balaban J connectivity index is 3.63. The Morgan fingerprint density at radius 3 is 2.64 bits per heavy atom. The lowest BCUT2D eigenvalue weighted by molar-refractivity contribution is 0.131. The van der Waals surface area contributed by atoms with Gasteiger partial charge in [0.05, 0.1) is 6.07 Å². The van der Waals surface area contributed by atoms with Crippen LogP contribution in [0.3, 0.4) is 0 Å². The fourth-order valence-corrected chi connectivity index (χ4v) is 0.657. The molecule has 1 atom stereocenters. The molecule has 0 aromatic carbocycles. The van der Waals surface area contributed by atoms with E-state index in [2.05, 4.69) is 11.4 Å². The highest BCUT2D eigenvalue weighted by molar-refractivity contribution is 5.02. The average Bonchev–Trinajstić information content (AvgIpc) is 2.05. The van der Waals surface area contributed by atoms with Gasteiger partial charge in [-0.05, 0) is 20.9 Å². The molecule has 0 radical (unpaired) electrons. The molecule has 0 aliphatic heterocycles. The van der Waals surface area contributed by atoms with Crippen LogP contribution in [-0.2, 0) is 4.74 Å². The Kier molecular flexibility index (Phi) is 4.84. The van der Waals surface area contributed by atoms with Crippen molar-refractivity contribution >= 4 is 0 Å². The number of hydrogen-bond acceptors (Lipinski definition) is 3. The monoisotopic (exact) mass is 156 g/mol. The predicted octanol–water partition coefficient (Wildman–Crippen LogP) is 0.915. The van der Waals surface area contributed by atoms with E-state index in [1.807, 2.05) is 13.8 Å². The minimum absolute atomic E-state index is 0.435. The van der Waals surface area contributed by atoms with Gasteiger partial charge in [0.15, 0.2) is 0 Å². The minimum atomic E-state index is -0.435. The van der Waals surface area contributed by atoms with E-state index in [9.17, 15) is 0 Å². The first kappa shape index (κ1) is 10.4. The molecule has 64 valence electrons. The van der Waals surface area contributed by atoms with Gasteiger partial charge in [-0.15, -0.1) is 0 Å². The Hall–Kier alpha value is -0.590. The van der Waals surface area contributed by atoms with Gasteiger partial charge < -0.3 is 10.1 Å². The van der Waals surface area contributed by atoms with Crippen LogP contribution >= 0.6 is 0 Å². The van der Waals surface area contributed by atoms with Crippen LogP contribution in [0.15, 0.2) is 0 Å². The molecule has 0 rings (SSSR count). The van der Waals surface area contributed by atoms with Crippen LogP contribution in [0.25, 0.3) is 0 Å². The van der Waals surface area contributed by atoms with Gasteiger partial charge in [0.25, 0.3) is 0 Å². The van der Waals surface area contributed by atoms with Crippen molar-refractivity contribution in [2.45, 2.75) is 25.8 Å². The summed E-state index contributed by atoms with van der Waals surface area (Å²) in [5.41, 5.74) is -0.435. The molecule has 0 aliphatic rings. The van der Waals surface area contributed by atoms with Crippen molar-refractivity contribution in [1.82, 2.24) is 5.32 Å². The molecule has 11 heavy (non-hydrogen) atoms. The van der Waals surface area contributed by atoms with Crippen molar-refractivity contribution in [1.29, 1.82) is 5.26 Å². The van der Waals surface area contributed by atoms with E-state index in [1.165, 1.54) is 0 Å². The third kappa shape index (κ3) is 3.97. The maximum Gasteiger partial charge on any atom is 0.105 e. The summed E-state index contributed by atoms with van der Waals surface area (Å²) in [6, 6.07) is 2.20. The summed E-state index contributed by atoms with van der Waals surface area (Å²) in [5.74, 6) is 0. The second-order valence-electron chi connectivity index (χ2n) is 2.64. The van der Waals surface area contributed by atoms with Crippen molar-refractivity contribution in [3.8, 4) is 6.07 Å². The van der Waals surface area contributed by atoms with E-state index in [4.69, 9.17) is 10.00 Å². The zero-order valence-electron chi connectivity index (χ0n) is 7.48. The van der Waals surface area contributed by atoms with Crippen LogP contribution in [0.1, 0.15) is 20.3 Å². The Morgan fingerprint density at radius 1 is 1.64 bits per heavy atom. The molecule has 1 unspecified atom stereocenters. The van der Waals surface area contributed by atoms with Gasteiger partial charge in [-0.25, -0.2) is 0 Å². The first-order valence-corrected chi connectivity index (χ1v) is 3.86. The number of hydrogen-bond donors (Lipinski definition) is 1. The fraction of sp³-hybridized carbons (Fsp3) is 0.875. The summed E-state index contributed by atoms with van der Waals surface area (Å²) in [7, 11) is 1.79. The lowest BCUT2D eigenvalue weighted by Gasteiger charge is -2.19. The summed E-state index contributed by atoms with van der Waals surface area (Å²) in [4.78, 5) is 0. The van der Waals surface area contributed by atoms with Crippen LogP contribution < -0.4 is 5.32 Å². The number of nitrogens with zero attached hydrogens (tertiary/aromatic N) is 1. The summed E-state index contributed by atoms with van der Waals surface area (Å²) >= 11 is 0. The van der Waals surface area contributed by atoms with Crippen molar-refractivity contribution in [2.24, 2.45) is 0 Å². The molecular formula is C8H16N2O. The molecule has 3 nitrogen and oxygen atoms in total. The van der Waals surface area contributed by atoms with E-state index >= 15 is 0 Å². The Labute approximate surface area is 68.3 Å². The molecule has 0 bridgehead atoms. The molecule has 0 saturated carbocycles. The van der Waals surface area contributed by atoms with Gasteiger partial charge in [-0.2, -0.15) is 5.26 Å². The predicted molar refractivity (Wildman–Crippen MR) is 44.2 cm³/mol. The topological polar surface area (TPSA) is 45.0 Å². The van der Waals surface area contributed by atoms with E-state index in [0.717, 1.165) is 6.42 Å². The lowest BCUT2D eigenvalue weighted by Crippen LogP contribution is -2.39. The maximum atomic E-state index is 8.72. The molecule has 0 saturated heterocycles. The number of nitrogens with one attached hydrogen (secondary N) is 1. The molecule has 3 heteroatoms. The van der Waals surface area contributed by atoms with Crippen molar-refractivity contribution in [3.63, 3.8) is 0 Å². The fourth-order valence-electron chi connectivity index (χ4n) is 0.657. The maximum absolute atomic E-state index is 8.72. The quantitative estimate of drug-likeness (QED) is 0.602. The first-order chi connectivity index (χ1) is 5.18. The molecule has 0 aromatic rings. The van der Waals surface area contributed by atoms with Gasteiger partial charge in [-0.3, -0.25) is 0 Å². The third-order valence-electron chi connectivity index (χ3n) is 1.75. The summed E-state index contributed by atoms with van der Waals surface area (Å²) < 4.78 is 5.14. The standard InChI is InChI=1S/C8H16N2O/c1-4-11-6-5-8(2,7-9)10-3/h10H,4-6H2,1-3H3. The number of ether oxygens (including phenoxy) is 1. The smallest absolute Gasteiger partial charge is 0.105 e. The number of nitriles is 1. The van der Waals surface area contributed by atoms with Crippen LogP contribution in [-0.4, -0.2) is 25.8 Å². The SMILES string of the molecule is CCOCCC(C)(C#N)NC. The Morgan fingerprint density at radius 2 is 2.27 bits per heavy atom. The average molecular weight is 156 g/mol. The van der Waals surface area contributed by atoms with E-state index < -0.39 is 5.54 Å². The summed E-state index contributed by atoms with van der Waals surface area (Å²) in [6.07, 6.45) is 0.730. The first-order valence-electron chi connectivity index (χ1n) is 3.86. The number of rotatable bonds is 5. The second-order valence-corrected chi connectivity index (χ2v) is 2.64. The van der Waals surface area contributed by atoms with Crippen LogP contribution in [0, 0.1) is 11.3 Å². The third-order valence-corrected chi connectivity index (χ3v) is 1.75. The van der Waals surface area contributed by atoms with Crippen LogP contribution in [0.5, 0.6) is 0 Å². The largest absolute Gasteiger partial charge is 0.382 e. The Bertz CT molecular complexity index is 142. The molecule has 0 amide bonds. The lowest BCUT2D eigenvalue weighted by atomic mass is 10.0. The van der Waals surface area contributed by atoms with Gasteiger partial charge in [0.2, 0.25) is 0 Å². The molecular weight excluding hydrogens is 140 g/mol. The van der Waals surface area contributed by atoms with Gasteiger partial charge in [0, 0.05) is 19.6 Å². The molecule has 0 spiro atoms.